The highest BCUT2D eigenvalue weighted by Crippen LogP contribution is 2.18. The highest BCUT2D eigenvalue weighted by atomic mass is 79.9. The van der Waals surface area contributed by atoms with Crippen molar-refractivity contribution in [2.75, 3.05) is 6.54 Å². The molecule has 0 atom stereocenters. The Morgan fingerprint density at radius 2 is 2.05 bits per heavy atom. The van der Waals surface area contributed by atoms with Gasteiger partial charge in [0.2, 0.25) is 0 Å². The predicted octanol–water partition coefficient (Wildman–Crippen LogP) is 2.91. The highest BCUT2D eigenvalue weighted by Gasteiger charge is 2.22. The number of amides is 1. The number of carboxylic acids is 1. The van der Waals surface area contributed by atoms with E-state index >= 15 is 0 Å². The molecule has 0 aromatic heterocycles. The number of carboxylic acid groups (broad SMARTS) is 1. The van der Waals surface area contributed by atoms with Gasteiger partial charge >= 0.3 is 5.97 Å². The van der Waals surface area contributed by atoms with E-state index in [2.05, 4.69) is 15.9 Å². The topological polar surface area (TPSA) is 57.6 Å². The SMILES string of the molecule is CC(C)N(CCC(=O)O)C(=O)c1ccc(Br)cc1F. The number of hydrogen-bond acceptors (Lipinski definition) is 2. The minimum Gasteiger partial charge on any atom is -0.481 e. The lowest BCUT2D eigenvalue weighted by Crippen LogP contribution is -2.38. The maximum absolute atomic E-state index is 13.7. The molecule has 1 N–H and O–H groups in total. The van der Waals surface area contributed by atoms with Crippen LogP contribution in [0.3, 0.4) is 0 Å². The van der Waals surface area contributed by atoms with Gasteiger partial charge in [-0.15, -0.1) is 0 Å². The van der Waals surface area contributed by atoms with Crippen molar-refractivity contribution in [3.8, 4) is 0 Å². The van der Waals surface area contributed by atoms with Gasteiger partial charge in [0, 0.05) is 17.1 Å². The summed E-state index contributed by atoms with van der Waals surface area (Å²) in [7, 11) is 0. The Kier molecular flexibility index (Phi) is 5.47. The molecule has 4 nitrogen and oxygen atoms in total. The van der Waals surface area contributed by atoms with E-state index in [1.165, 1.54) is 17.0 Å². The average molecular weight is 332 g/mol. The van der Waals surface area contributed by atoms with Crippen molar-refractivity contribution in [1.82, 2.24) is 4.90 Å². The molecule has 6 heteroatoms. The molecule has 0 heterocycles. The van der Waals surface area contributed by atoms with Gasteiger partial charge in [-0.3, -0.25) is 9.59 Å². The Morgan fingerprint density at radius 3 is 2.53 bits per heavy atom. The maximum Gasteiger partial charge on any atom is 0.305 e. The number of carbonyl (C=O) groups is 2. The van der Waals surface area contributed by atoms with Gasteiger partial charge in [-0.05, 0) is 32.0 Å². The van der Waals surface area contributed by atoms with Crippen molar-refractivity contribution in [2.24, 2.45) is 0 Å². The molecule has 19 heavy (non-hydrogen) atoms. The van der Waals surface area contributed by atoms with E-state index in [1.54, 1.807) is 19.9 Å². The van der Waals surface area contributed by atoms with Crippen LogP contribution in [0.4, 0.5) is 4.39 Å². The molecular formula is C13H15BrFNO3. The van der Waals surface area contributed by atoms with Crippen LogP contribution in [0.15, 0.2) is 22.7 Å². The van der Waals surface area contributed by atoms with Crippen molar-refractivity contribution in [3.63, 3.8) is 0 Å². The van der Waals surface area contributed by atoms with Crippen molar-refractivity contribution < 1.29 is 19.1 Å². The summed E-state index contributed by atoms with van der Waals surface area (Å²) in [6.45, 7) is 3.58. The van der Waals surface area contributed by atoms with Crippen LogP contribution in [-0.4, -0.2) is 34.5 Å². The molecule has 0 saturated carbocycles. The maximum atomic E-state index is 13.7. The zero-order valence-electron chi connectivity index (χ0n) is 10.7. The fourth-order valence-corrected chi connectivity index (χ4v) is 1.96. The van der Waals surface area contributed by atoms with Crippen LogP contribution in [0.5, 0.6) is 0 Å². The van der Waals surface area contributed by atoms with Crippen LogP contribution in [0.25, 0.3) is 0 Å². The first-order valence-corrected chi connectivity index (χ1v) is 6.60. The minimum absolute atomic E-state index is 0.0534. The molecule has 0 fully saturated rings. The van der Waals surface area contributed by atoms with Crippen molar-refractivity contribution in [3.05, 3.63) is 34.1 Å². The van der Waals surface area contributed by atoms with Gasteiger partial charge in [-0.2, -0.15) is 0 Å². The van der Waals surface area contributed by atoms with Gasteiger partial charge in [-0.1, -0.05) is 15.9 Å². The number of carbonyl (C=O) groups excluding carboxylic acids is 1. The number of benzene rings is 1. The number of aliphatic carboxylic acids is 1. The number of halogens is 2. The molecule has 0 unspecified atom stereocenters. The summed E-state index contributed by atoms with van der Waals surface area (Å²) in [6.07, 6.45) is -0.165. The van der Waals surface area contributed by atoms with E-state index < -0.39 is 17.7 Å². The average Bonchev–Trinajstić information content (AvgIpc) is 2.27. The molecule has 1 rings (SSSR count). The van der Waals surface area contributed by atoms with Crippen LogP contribution >= 0.6 is 15.9 Å². The second-order valence-corrected chi connectivity index (χ2v) is 5.28. The summed E-state index contributed by atoms with van der Waals surface area (Å²) in [5.74, 6) is -2.11. The molecule has 0 radical (unpaired) electrons. The van der Waals surface area contributed by atoms with E-state index in [-0.39, 0.29) is 24.6 Å². The van der Waals surface area contributed by atoms with E-state index in [1.807, 2.05) is 0 Å². The molecule has 0 aliphatic rings. The molecule has 1 aromatic rings. The van der Waals surface area contributed by atoms with Crippen LogP contribution in [-0.2, 0) is 4.79 Å². The van der Waals surface area contributed by atoms with Crippen LogP contribution < -0.4 is 0 Å². The van der Waals surface area contributed by atoms with Gasteiger partial charge in [0.25, 0.3) is 5.91 Å². The van der Waals surface area contributed by atoms with Gasteiger partial charge in [0.05, 0.1) is 12.0 Å². The predicted molar refractivity (Wildman–Crippen MR) is 72.5 cm³/mol. The Labute approximate surface area is 119 Å². The van der Waals surface area contributed by atoms with Crippen molar-refractivity contribution in [2.45, 2.75) is 26.3 Å². The Bertz CT molecular complexity index is 491. The van der Waals surface area contributed by atoms with E-state index in [0.29, 0.717) is 4.47 Å². The summed E-state index contributed by atoms with van der Waals surface area (Å²) >= 11 is 3.12. The first-order chi connectivity index (χ1) is 8.82. The molecule has 0 aliphatic heterocycles. The highest BCUT2D eigenvalue weighted by molar-refractivity contribution is 9.10. The zero-order valence-corrected chi connectivity index (χ0v) is 12.3. The fourth-order valence-electron chi connectivity index (χ4n) is 1.63. The smallest absolute Gasteiger partial charge is 0.305 e. The van der Waals surface area contributed by atoms with Gasteiger partial charge in [0.15, 0.2) is 0 Å². The lowest BCUT2D eigenvalue weighted by atomic mass is 10.1. The molecule has 1 aromatic carbocycles. The standard InChI is InChI=1S/C13H15BrFNO3/c1-8(2)16(6-5-12(17)18)13(19)10-4-3-9(14)7-11(10)15/h3-4,7-8H,5-6H2,1-2H3,(H,17,18). The molecule has 0 saturated heterocycles. The second-order valence-electron chi connectivity index (χ2n) is 4.36. The second kappa shape index (κ2) is 6.65. The van der Waals surface area contributed by atoms with Crippen molar-refractivity contribution >= 4 is 27.8 Å². The quantitative estimate of drug-likeness (QED) is 0.902. The minimum atomic E-state index is -0.991. The summed E-state index contributed by atoms with van der Waals surface area (Å²) in [5, 5.41) is 8.67. The largest absolute Gasteiger partial charge is 0.481 e. The third kappa shape index (κ3) is 4.31. The molecule has 1 amide bonds. The summed E-state index contributed by atoms with van der Waals surface area (Å²) in [5.41, 5.74) is -0.0534. The lowest BCUT2D eigenvalue weighted by Gasteiger charge is -2.26. The summed E-state index contributed by atoms with van der Waals surface area (Å²) in [6, 6.07) is 3.97. The Balaban J connectivity index is 2.95. The summed E-state index contributed by atoms with van der Waals surface area (Å²) < 4.78 is 14.3. The Morgan fingerprint density at radius 1 is 1.42 bits per heavy atom. The molecule has 0 spiro atoms. The Hall–Kier alpha value is -1.43. The van der Waals surface area contributed by atoms with Gasteiger partial charge in [-0.25, -0.2) is 4.39 Å². The van der Waals surface area contributed by atoms with Gasteiger partial charge < -0.3 is 10.0 Å². The molecule has 0 aliphatic carbocycles. The van der Waals surface area contributed by atoms with Crippen LogP contribution in [0.2, 0.25) is 0 Å². The zero-order chi connectivity index (χ0) is 14.6. The summed E-state index contributed by atoms with van der Waals surface area (Å²) in [4.78, 5) is 24.1. The normalized spacial score (nSPS) is 10.6. The first-order valence-electron chi connectivity index (χ1n) is 5.80. The number of rotatable bonds is 5. The third-order valence-corrected chi connectivity index (χ3v) is 3.11. The third-order valence-electron chi connectivity index (χ3n) is 2.61. The number of hydrogen-bond donors (Lipinski definition) is 1. The van der Waals surface area contributed by atoms with Crippen molar-refractivity contribution in [1.29, 1.82) is 0 Å². The van der Waals surface area contributed by atoms with E-state index in [0.717, 1.165) is 0 Å². The van der Waals surface area contributed by atoms with Gasteiger partial charge in [0.1, 0.15) is 5.82 Å². The monoisotopic (exact) mass is 331 g/mol. The molecule has 104 valence electrons. The fraction of sp³-hybridized carbons (Fsp3) is 0.385. The lowest BCUT2D eigenvalue weighted by molar-refractivity contribution is -0.137. The van der Waals surface area contributed by atoms with Crippen LogP contribution in [0.1, 0.15) is 30.6 Å². The first kappa shape index (κ1) is 15.6. The van der Waals surface area contributed by atoms with E-state index in [4.69, 9.17) is 5.11 Å². The van der Waals surface area contributed by atoms with E-state index in [9.17, 15) is 14.0 Å². The molecule has 0 bridgehead atoms. The number of nitrogens with zero attached hydrogens (tertiary/aromatic N) is 1. The molecular weight excluding hydrogens is 317 g/mol. The van der Waals surface area contributed by atoms with Crippen LogP contribution in [0, 0.1) is 5.82 Å².